The Morgan fingerprint density at radius 3 is 2.65 bits per heavy atom. The zero-order valence-corrected chi connectivity index (χ0v) is 11.1. The molecule has 1 unspecified atom stereocenters. The molecule has 0 heterocycles. The highest BCUT2D eigenvalue weighted by molar-refractivity contribution is 5.46. The van der Waals surface area contributed by atoms with Gasteiger partial charge < -0.3 is 0 Å². The van der Waals surface area contributed by atoms with E-state index in [2.05, 4.69) is 6.58 Å². The number of alkyl halides is 3. The van der Waals surface area contributed by atoms with Crippen LogP contribution in [0.3, 0.4) is 0 Å². The molecule has 0 radical (unpaired) electrons. The van der Waals surface area contributed by atoms with Gasteiger partial charge in [-0.15, -0.1) is 0 Å². The Balaban J connectivity index is 2.50. The zero-order valence-electron chi connectivity index (χ0n) is 11.1. The van der Waals surface area contributed by atoms with Crippen LogP contribution in [0.25, 0.3) is 0 Å². The van der Waals surface area contributed by atoms with Gasteiger partial charge in [-0.05, 0) is 36.5 Å². The number of hydrogen-bond acceptors (Lipinski definition) is 1. The minimum Gasteiger partial charge on any atom is -0.192 e. The van der Waals surface area contributed by atoms with E-state index in [0.717, 1.165) is 11.1 Å². The summed E-state index contributed by atoms with van der Waals surface area (Å²) in [5.74, 6) is -1.65. The van der Waals surface area contributed by atoms with E-state index >= 15 is 0 Å². The summed E-state index contributed by atoms with van der Waals surface area (Å²) in [7, 11) is 0. The predicted octanol–water partition coefficient (Wildman–Crippen LogP) is 4.28. The van der Waals surface area contributed by atoms with Crippen LogP contribution >= 0.6 is 0 Å². The number of benzene rings is 1. The first-order valence-electron chi connectivity index (χ1n) is 6.27. The van der Waals surface area contributed by atoms with Crippen molar-refractivity contribution in [3.05, 3.63) is 58.7 Å². The summed E-state index contributed by atoms with van der Waals surface area (Å²) >= 11 is 0. The quantitative estimate of drug-likeness (QED) is 0.703. The highest BCUT2D eigenvalue weighted by Crippen LogP contribution is 2.39. The highest BCUT2D eigenvalue weighted by Gasteiger charge is 2.43. The lowest BCUT2D eigenvalue weighted by atomic mass is 9.88. The molecule has 4 heteroatoms. The number of hydrogen-bond donors (Lipinski definition) is 0. The number of halogens is 3. The lowest BCUT2D eigenvalue weighted by Gasteiger charge is -2.22. The highest BCUT2D eigenvalue weighted by atomic mass is 19.4. The molecule has 0 fully saturated rings. The van der Waals surface area contributed by atoms with Crippen LogP contribution in [0.5, 0.6) is 0 Å². The summed E-state index contributed by atoms with van der Waals surface area (Å²) in [6.45, 7) is 5.36. The van der Waals surface area contributed by atoms with Gasteiger partial charge in [-0.2, -0.15) is 18.4 Å². The Labute approximate surface area is 116 Å². The van der Waals surface area contributed by atoms with Crippen LogP contribution in [0.1, 0.15) is 16.7 Å². The van der Waals surface area contributed by atoms with E-state index in [0.29, 0.717) is 12.0 Å². The molecule has 1 aromatic carbocycles. The zero-order chi connectivity index (χ0) is 14.9. The molecule has 0 saturated carbocycles. The normalized spacial score (nSPS) is 18.6. The van der Waals surface area contributed by atoms with Gasteiger partial charge in [0.15, 0.2) is 0 Å². The van der Waals surface area contributed by atoms with E-state index < -0.39 is 12.1 Å². The van der Waals surface area contributed by atoms with Crippen molar-refractivity contribution in [1.82, 2.24) is 0 Å². The second-order valence-corrected chi connectivity index (χ2v) is 5.02. The Bertz CT molecular complexity index is 618. The molecule has 0 amide bonds. The molecule has 1 atom stereocenters. The van der Waals surface area contributed by atoms with Gasteiger partial charge >= 0.3 is 6.18 Å². The van der Waals surface area contributed by atoms with Gasteiger partial charge in [0.05, 0.1) is 12.0 Å². The lowest BCUT2D eigenvalue weighted by Crippen LogP contribution is -2.27. The van der Waals surface area contributed by atoms with Crippen LogP contribution in [-0.4, -0.2) is 6.18 Å². The van der Waals surface area contributed by atoms with Crippen molar-refractivity contribution in [2.24, 2.45) is 5.92 Å². The van der Waals surface area contributed by atoms with Gasteiger partial charge in [-0.25, -0.2) is 0 Å². The van der Waals surface area contributed by atoms with Crippen molar-refractivity contribution in [3.63, 3.8) is 0 Å². The first-order valence-corrected chi connectivity index (χ1v) is 6.27. The molecule has 1 aliphatic carbocycles. The predicted molar refractivity (Wildman–Crippen MR) is 71.0 cm³/mol. The van der Waals surface area contributed by atoms with Gasteiger partial charge in [-0.1, -0.05) is 36.4 Å². The van der Waals surface area contributed by atoms with Crippen LogP contribution in [0.2, 0.25) is 0 Å². The number of aryl methyl sites for hydroxylation is 1. The van der Waals surface area contributed by atoms with Crippen LogP contribution in [0, 0.1) is 24.2 Å². The van der Waals surface area contributed by atoms with Crippen LogP contribution in [0.4, 0.5) is 13.2 Å². The molecule has 1 aromatic rings. The third kappa shape index (κ3) is 2.77. The van der Waals surface area contributed by atoms with E-state index in [-0.39, 0.29) is 17.6 Å². The summed E-state index contributed by atoms with van der Waals surface area (Å²) in [6.07, 6.45) is -2.61. The standard InChI is InChI=1S/C16H14F3N/c1-10-3-4-13-8-15(16(17,18)19)14(11(2)9-20)6-5-12(13)7-10/h3-4,6-7,15H,2,5,8H2,1H3. The molecule has 104 valence electrons. The Morgan fingerprint density at radius 1 is 1.35 bits per heavy atom. The maximum Gasteiger partial charge on any atom is 0.396 e. The summed E-state index contributed by atoms with van der Waals surface area (Å²) in [4.78, 5) is 0. The smallest absolute Gasteiger partial charge is 0.192 e. The molecule has 2 rings (SSSR count). The number of allylic oxidation sites excluding steroid dienone is 3. The summed E-state index contributed by atoms with van der Waals surface area (Å²) in [5, 5.41) is 8.87. The molecule has 0 saturated heterocycles. The summed E-state index contributed by atoms with van der Waals surface area (Å²) < 4.78 is 39.8. The van der Waals surface area contributed by atoms with Crippen molar-refractivity contribution in [3.8, 4) is 6.07 Å². The number of nitrogens with zero attached hydrogens (tertiary/aromatic N) is 1. The minimum atomic E-state index is -4.38. The molecule has 0 aromatic heterocycles. The second kappa shape index (κ2) is 5.16. The van der Waals surface area contributed by atoms with Crippen LogP contribution in [-0.2, 0) is 12.8 Å². The fraction of sp³-hybridized carbons (Fsp3) is 0.312. The van der Waals surface area contributed by atoms with Crippen molar-refractivity contribution < 1.29 is 13.2 Å². The maximum absolute atomic E-state index is 13.3. The third-order valence-corrected chi connectivity index (χ3v) is 3.58. The molecule has 1 aliphatic rings. The van der Waals surface area contributed by atoms with Gasteiger partial charge in [0, 0.05) is 5.57 Å². The fourth-order valence-corrected chi connectivity index (χ4v) is 2.53. The van der Waals surface area contributed by atoms with E-state index in [1.54, 1.807) is 12.1 Å². The number of fused-ring (bicyclic) bond motifs is 1. The van der Waals surface area contributed by atoms with E-state index in [9.17, 15) is 13.2 Å². The third-order valence-electron chi connectivity index (χ3n) is 3.58. The van der Waals surface area contributed by atoms with Crippen molar-refractivity contribution in [2.75, 3.05) is 0 Å². The molecular formula is C16H14F3N. The van der Waals surface area contributed by atoms with Crippen LogP contribution < -0.4 is 0 Å². The maximum atomic E-state index is 13.3. The first-order chi connectivity index (χ1) is 9.32. The number of nitriles is 1. The molecular weight excluding hydrogens is 263 g/mol. The molecule has 1 nitrogen and oxygen atoms in total. The lowest BCUT2D eigenvalue weighted by molar-refractivity contribution is -0.162. The van der Waals surface area contributed by atoms with E-state index in [4.69, 9.17) is 5.26 Å². The van der Waals surface area contributed by atoms with Crippen LogP contribution in [0.15, 0.2) is 42.0 Å². The van der Waals surface area contributed by atoms with Gasteiger partial charge in [0.25, 0.3) is 0 Å². The summed E-state index contributed by atoms with van der Waals surface area (Å²) in [5.41, 5.74) is 2.50. The average Bonchev–Trinajstić information content (AvgIpc) is 2.56. The second-order valence-electron chi connectivity index (χ2n) is 5.02. The topological polar surface area (TPSA) is 23.8 Å². The molecule has 0 aliphatic heterocycles. The molecule has 0 bridgehead atoms. The summed E-state index contributed by atoms with van der Waals surface area (Å²) in [6, 6.07) is 7.20. The molecule has 0 N–H and O–H groups in total. The Morgan fingerprint density at radius 2 is 2.05 bits per heavy atom. The van der Waals surface area contributed by atoms with Crippen molar-refractivity contribution in [2.45, 2.75) is 25.9 Å². The first kappa shape index (κ1) is 14.4. The van der Waals surface area contributed by atoms with Gasteiger partial charge in [0.1, 0.15) is 0 Å². The Kier molecular flexibility index (Phi) is 3.71. The largest absolute Gasteiger partial charge is 0.396 e. The SMILES string of the molecule is C=C(C#N)C1=CCc2cc(C)ccc2CC1C(F)(F)F. The molecule has 0 spiro atoms. The minimum absolute atomic E-state index is 0.00820. The van der Waals surface area contributed by atoms with Gasteiger partial charge in [0.2, 0.25) is 0 Å². The Hall–Kier alpha value is -2.02. The van der Waals surface area contributed by atoms with Crippen molar-refractivity contribution >= 4 is 0 Å². The molecule has 20 heavy (non-hydrogen) atoms. The average molecular weight is 277 g/mol. The fourth-order valence-electron chi connectivity index (χ4n) is 2.53. The van der Waals surface area contributed by atoms with E-state index in [1.807, 2.05) is 19.1 Å². The van der Waals surface area contributed by atoms with E-state index in [1.165, 1.54) is 6.08 Å². The monoisotopic (exact) mass is 277 g/mol. The van der Waals surface area contributed by atoms with Gasteiger partial charge in [-0.3, -0.25) is 0 Å². The van der Waals surface area contributed by atoms with Crippen molar-refractivity contribution in [1.29, 1.82) is 5.26 Å². The number of rotatable bonds is 1.